The Morgan fingerprint density at radius 1 is 1.11 bits per heavy atom. The predicted molar refractivity (Wildman–Crippen MR) is 76.2 cm³/mol. The molecule has 0 saturated carbocycles. The summed E-state index contributed by atoms with van der Waals surface area (Å²) < 4.78 is 10.8. The molecule has 112 valence electrons. The van der Waals surface area contributed by atoms with Crippen molar-refractivity contribution in [2.24, 2.45) is 0 Å². The number of hydrogen-bond acceptors (Lipinski definition) is 7. The van der Waals surface area contributed by atoms with Crippen LogP contribution in [0, 0.1) is 0 Å². The van der Waals surface area contributed by atoms with Crippen molar-refractivity contribution in [2.45, 2.75) is 55.1 Å². The van der Waals surface area contributed by atoms with Gasteiger partial charge >= 0.3 is 0 Å². The third-order valence-electron chi connectivity index (χ3n) is 3.24. The van der Waals surface area contributed by atoms with Crippen molar-refractivity contribution >= 4 is 23.5 Å². The molecule has 0 aliphatic carbocycles. The zero-order valence-electron chi connectivity index (χ0n) is 11.2. The normalized spacial score (nSPS) is 33.0. The van der Waals surface area contributed by atoms with Crippen LogP contribution in [0.2, 0.25) is 0 Å². The summed E-state index contributed by atoms with van der Waals surface area (Å²) in [5.41, 5.74) is 0. The van der Waals surface area contributed by atoms with Gasteiger partial charge in [0, 0.05) is 0 Å². The van der Waals surface area contributed by atoms with E-state index in [-0.39, 0.29) is 11.2 Å². The molecule has 0 amide bonds. The van der Waals surface area contributed by atoms with Crippen molar-refractivity contribution in [3.63, 3.8) is 0 Å². The SMILES string of the molecule is CC1(C)OC[C@H]([C@@H](O)[C@@H](O)[C@H](O)C2SCCCS2)O1. The fraction of sp³-hybridized carbons (Fsp3) is 1.00. The van der Waals surface area contributed by atoms with Crippen LogP contribution in [0.15, 0.2) is 0 Å². The molecule has 0 aromatic heterocycles. The Balaban J connectivity index is 1.89. The van der Waals surface area contributed by atoms with Gasteiger partial charge in [0.2, 0.25) is 0 Å². The van der Waals surface area contributed by atoms with E-state index in [1.165, 1.54) is 0 Å². The van der Waals surface area contributed by atoms with Crippen molar-refractivity contribution in [3.8, 4) is 0 Å². The Morgan fingerprint density at radius 3 is 2.26 bits per heavy atom. The van der Waals surface area contributed by atoms with Crippen LogP contribution in [0.4, 0.5) is 0 Å². The smallest absolute Gasteiger partial charge is 0.163 e. The second-order valence-corrected chi connectivity index (χ2v) is 8.10. The lowest BCUT2D eigenvalue weighted by Crippen LogP contribution is -2.49. The summed E-state index contributed by atoms with van der Waals surface area (Å²) >= 11 is 3.26. The summed E-state index contributed by atoms with van der Waals surface area (Å²) in [6, 6.07) is 0. The molecule has 3 N–H and O–H groups in total. The molecule has 2 saturated heterocycles. The van der Waals surface area contributed by atoms with E-state index in [1.807, 2.05) is 0 Å². The van der Waals surface area contributed by atoms with E-state index < -0.39 is 30.2 Å². The highest BCUT2D eigenvalue weighted by Crippen LogP contribution is 2.35. The van der Waals surface area contributed by atoms with Crippen LogP contribution in [0.25, 0.3) is 0 Å². The molecule has 0 unspecified atom stereocenters. The highest BCUT2D eigenvalue weighted by Gasteiger charge is 2.43. The Morgan fingerprint density at radius 2 is 1.74 bits per heavy atom. The van der Waals surface area contributed by atoms with Gasteiger partial charge in [0.05, 0.1) is 11.2 Å². The Bertz CT molecular complexity index is 296. The zero-order chi connectivity index (χ0) is 14.0. The van der Waals surface area contributed by atoms with Gasteiger partial charge in [-0.05, 0) is 31.8 Å². The largest absolute Gasteiger partial charge is 0.388 e. The fourth-order valence-corrected chi connectivity index (χ4v) is 5.12. The third-order valence-corrected chi connectivity index (χ3v) is 6.32. The summed E-state index contributed by atoms with van der Waals surface area (Å²) in [7, 11) is 0. The highest BCUT2D eigenvalue weighted by molar-refractivity contribution is 8.17. The Hall–Kier alpha value is 0.500. The van der Waals surface area contributed by atoms with Crippen LogP contribution in [-0.4, -0.2) is 68.2 Å². The molecule has 0 aromatic carbocycles. The molecule has 0 bridgehead atoms. The van der Waals surface area contributed by atoms with Gasteiger partial charge in [-0.15, -0.1) is 23.5 Å². The number of rotatable bonds is 4. The molecule has 0 aromatic rings. The summed E-state index contributed by atoms with van der Waals surface area (Å²) in [6.45, 7) is 3.74. The van der Waals surface area contributed by atoms with Crippen LogP contribution < -0.4 is 0 Å². The topological polar surface area (TPSA) is 79.2 Å². The van der Waals surface area contributed by atoms with Crippen LogP contribution >= 0.6 is 23.5 Å². The van der Waals surface area contributed by atoms with Gasteiger partial charge in [-0.25, -0.2) is 0 Å². The van der Waals surface area contributed by atoms with Gasteiger partial charge in [0.15, 0.2) is 5.79 Å². The van der Waals surface area contributed by atoms with Crippen LogP contribution in [0.3, 0.4) is 0 Å². The number of aliphatic hydroxyl groups excluding tert-OH is 3. The van der Waals surface area contributed by atoms with Crippen molar-refractivity contribution in [1.29, 1.82) is 0 Å². The number of ether oxygens (including phenoxy) is 2. The first-order valence-electron chi connectivity index (χ1n) is 6.50. The molecule has 4 atom stereocenters. The quantitative estimate of drug-likeness (QED) is 0.694. The van der Waals surface area contributed by atoms with Crippen molar-refractivity contribution < 1.29 is 24.8 Å². The molecule has 5 nitrogen and oxygen atoms in total. The molecule has 2 aliphatic rings. The average molecular weight is 310 g/mol. The van der Waals surface area contributed by atoms with Gasteiger partial charge in [0.1, 0.15) is 24.4 Å². The summed E-state index contributed by atoms with van der Waals surface area (Å²) in [6.07, 6.45) is -2.80. The van der Waals surface area contributed by atoms with E-state index in [1.54, 1.807) is 37.4 Å². The molecule has 7 heteroatoms. The van der Waals surface area contributed by atoms with E-state index in [0.29, 0.717) is 0 Å². The monoisotopic (exact) mass is 310 g/mol. The van der Waals surface area contributed by atoms with Gasteiger partial charge in [-0.1, -0.05) is 0 Å². The maximum absolute atomic E-state index is 10.2. The van der Waals surface area contributed by atoms with E-state index >= 15 is 0 Å². The van der Waals surface area contributed by atoms with Crippen LogP contribution in [-0.2, 0) is 9.47 Å². The summed E-state index contributed by atoms with van der Waals surface area (Å²) in [5, 5.41) is 30.4. The molecular weight excluding hydrogens is 288 g/mol. The van der Waals surface area contributed by atoms with Crippen LogP contribution in [0.1, 0.15) is 20.3 Å². The van der Waals surface area contributed by atoms with Crippen molar-refractivity contribution in [1.82, 2.24) is 0 Å². The lowest BCUT2D eigenvalue weighted by atomic mass is 10.0. The standard InChI is InChI=1S/C12H22O5S2/c1-12(2)16-6-7(17-12)8(13)9(14)10(15)11-18-4-3-5-19-11/h7-11,13-15H,3-6H2,1-2H3/t7-,8-,9-,10+/m1/s1. The molecule has 2 fully saturated rings. The van der Waals surface area contributed by atoms with Gasteiger partial charge in [-0.3, -0.25) is 0 Å². The average Bonchev–Trinajstić information content (AvgIpc) is 2.77. The number of hydrogen-bond donors (Lipinski definition) is 3. The Kier molecular flexibility index (Phi) is 5.44. The molecule has 19 heavy (non-hydrogen) atoms. The number of aliphatic hydroxyl groups is 3. The first-order chi connectivity index (χ1) is 8.91. The molecule has 0 radical (unpaired) electrons. The van der Waals surface area contributed by atoms with E-state index in [9.17, 15) is 15.3 Å². The van der Waals surface area contributed by atoms with Crippen molar-refractivity contribution in [3.05, 3.63) is 0 Å². The summed E-state index contributed by atoms with van der Waals surface area (Å²) in [4.78, 5) is 0. The highest BCUT2D eigenvalue weighted by atomic mass is 32.2. The molecule has 0 spiro atoms. The third kappa shape index (κ3) is 4.00. The predicted octanol–water partition coefficient (Wildman–Crippen LogP) is 0.417. The lowest BCUT2D eigenvalue weighted by Gasteiger charge is -2.32. The van der Waals surface area contributed by atoms with E-state index in [0.717, 1.165) is 17.9 Å². The molecular formula is C12H22O5S2. The minimum absolute atomic E-state index is 0.0891. The second kappa shape index (κ2) is 6.51. The minimum atomic E-state index is -1.22. The Labute approximate surface area is 122 Å². The number of thioether (sulfide) groups is 2. The first kappa shape index (κ1) is 15.9. The van der Waals surface area contributed by atoms with Crippen LogP contribution in [0.5, 0.6) is 0 Å². The van der Waals surface area contributed by atoms with Gasteiger partial charge in [-0.2, -0.15) is 0 Å². The molecule has 2 heterocycles. The maximum atomic E-state index is 10.2. The lowest BCUT2D eigenvalue weighted by molar-refractivity contribution is -0.167. The van der Waals surface area contributed by atoms with E-state index in [4.69, 9.17) is 9.47 Å². The van der Waals surface area contributed by atoms with Crippen molar-refractivity contribution in [2.75, 3.05) is 18.1 Å². The first-order valence-corrected chi connectivity index (χ1v) is 8.60. The maximum Gasteiger partial charge on any atom is 0.163 e. The molecule has 2 rings (SSSR count). The zero-order valence-corrected chi connectivity index (χ0v) is 12.8. The fourth-order valence-electron chi connectivity index (χ4n) is 2.17. The minimum Gasteiger partial charge on any atom is -0.388 e. The second-order valence-electron chi connectivity index (χ2n) is 5.30. The molecule has 2 aliphatic heterocycles. The van der Waals surface area contributed by atoms with Gasteiger partial charge in [0.25, 0.3) is 0 Å². The van der Waals surface area contributed by atoms with E-state index in [2.05, 4.69) is 0 Å². The summed E-state index contributed by atoms with van der Waals surface area (Å²) in [5.74, 6) is 1.21. The van der Waals surface area contributed by atoms with Gasteiger partial charge < -0.3 is 24.8 Å².